The predicted octanol–water partition coefficient (Wildman–Crippen LogP) is 7.39. The van der Waals surface area contributed by atoms with Crippen molar-refractivity contribution in [2.75, 3.05) is 7.05 Å². The standard InChI is InChI=1S/C31H26F4N2O3/c1-5-30(2,3)17-25(38)20-8-6-7-19(15-20)22-16-23-26(28(39)36-4)27(18-9-11-21(32)12-10-18)40-29(23)37-24(22)13-14-31(33,34)35/h1,6-12,15-16H,13-14,17H2,2-4H3,(H,36,39). The number of alkyl halides is 3. The van der Waals surface area contributed by atoms with Gasteiger partial charge < -0.3 is 9.73 Å². The van der Waals surface area contributed by atoms with Gasteiger partial charge in [0.05, 0.1) is 16.6 Å². The van der Waals surface area contributed by atoms with E-state index in [1.165, 1.54) is 31.3 Å². The zero-order valence-electron chi connectivity index (χ0n) is 22.1. The van der Waals surface area contributed by atoms with Crippen LogP contribution in [0.2, 0.25) is 0 Å². The zero-order valence-corrected chi connectivity index (χ0v) is 22.1. The van der Waals surface area contributed by atoms with Crippen LogP contribution in [0.25, 0.3) is 33.6 Å². The number of fused-ring (bicyclic) bond motifs is 1. The lowest BCUT2D eigenvalue weighted by Gasteiger charge is -2.16. The van der Waals surface area contributed by atoms with Gasteiger partial charge in [0.15, 0.2) is 5.78 Å². The molecular formula is C31H26F4N2O3. The summed E-state index contributed by atoms with van der Waals surface area (Å²) in [5, 5.41) is 2.80. The highest BCUT2D eigenvalue weighted by Crippen LogP contribution is 2.38. The smallest absolute Gasteiger partial charge is 0.389 e. The summed E-state index contributed by atoms with van der Waals surface area (Å²) in [5.41, 5.74) is 0.962. The lowest BCUT2D eigenvalue weighted by atomic mass is 9.86. The first-order chi connectivity index (χ1) is 18.8. The van der Waals surface area contributed by atoms with Crippen LogP contribution in [-0.2, 0) is 6.42 Å². The second-order valence-electron chi connectivity index (χ2n) is 10.1. The number of furan rings is 1. The Hall–Kier alpha value is -4.45. The summed E-state index contributed by atoms with van der Waals surface area (Å²) in [6, 6.07) is 13.3. The number of aryl methyl sites for hydroxylation is 1. The van der Waals surface area contributed by atoms with Gasteiger partial charge in [-0.3, -0.25) is 9.59 Å². The molecule has 9 heteroatoms. The second kappa shape index (κ2) is 11.0. The molecule has 0 bridgehead atoms. The summed E-state index contributed by atoms with van der Waals surface area (Å²) < 4.78 is 59.1. The zero-order chi connectivity index (χ0) is 29.2. The molecule has 4 aromatic rings. The molecule has 206 valence electrons. The van der Waals surface area contributed by atoms with Crippen molar-refractivity contribution in [1.82, 2.24) is 10.3 Å². The molecular weight excluding hydrogens is 524 g/mol. The Morgan fingerprint density at radius 2 is 1.75 bits per heavy atom. The lowest BCUT2D eigenvalue weighted by molar-refractivity contribution is -0.134. The molecule has 0 unspecified atom stereocenters. The number of carbonyl (C=O) groups is 2. The number of terminal acetylenes is 1. The molecule has 4 rings (SSSR count). The summed E-state index contributed by atoms with van der Waals surface area (Å²) >= 11 is 0. The van der Waals surface area contributed by atoms with Crippen LogP contribution >= 0.6 is 0 Å². The summed E-state index contributed by atoms with van der Waals surface area (Å²) in [6.45, 7) is 3.53. The van der Waals surface area contributed by atoms with Gasteiger partial charge in [-0.15, -0.1) is 12.3 Å². The van der Waals surface area contributed by atoms with Crippen molar-refractivity contribution in [2.45, 2.75) is 39.3 Å². The number of nitrogens with one attached hydrogen (secondary N) is 1. The van der Waals surface area contributed by atoms with E-state index in [1.807, 2.05) is 0 Å². The molecule has 0 saturated heterocycles. The predicted molar refractivity (Wildman–Crippen MR) is 144 cm³/mol. The molecule has 5 nitrogen and oxygen atoms in total. The lowest BCUT2D eigenvalue weighted by Crippen LogP contribution is -2.18. The third-order valence-corrected chi connectivity index (χ3v) is 6.46. The molecule has 2 heterocycles. The molecule has 1 amide bonds. The number of amides is 1. The van der Waals surface area contributed by atoms with Crippen LogP contribution in [0.4, 0.5) is 17.6 Å². The van der Waals surface area contributed by atoms with Crippen molar-refractivity contribution in [2.24, 2.45) is 5.41 Å². The molecule has 0 aliphatic carbocycles. The van der Waals surface area contributed by atoms with Gasteiger partial charge >= 0.3 is 6.18 Å². The van der Waals surface area contributed by atoms with Crippen molar-refractivity contribution in [3.63, 3.8) is 0 Å². The first-order valence-electron chi connectivity index (χ1n) is 12.4. The average molecular weight is 551 g/mol. The van der Waals surface area contributed by atoms with E-state index in [9.17, 15) is 27.2 Å². The van der Waals surface area contributed by atoms with Crippen molar-refractivity contribution in [3.8, 4) is 34.8 Å². The number of ketones is 1. The molecule has 0 radical (unpaired) electrons. The molecule has 0 aliphatic heterocycles. The van der Waals surface area contributed by atoms with Gasteiger partial charge in [0, 0.05) is 42.0 Å². The summed E-state index contributed by atoms with van der Waals surface area (Å²) in [7, 11) is 1.43. The van der Waals surface area contributed by atoms with E-state index in [4.69, 9.17) is 10.8 Å². The number of hydrogen-bond donors (Lipinski definition) is 1. The first-order valence-corrected chi connectivity index (χ1v) is 12.4. The van der Waals surface area contributed by atoms with Crippen LogP contribution < -0.4 is 5.32 Å². The van der Waals surface area contributed by atoms with Crippen molar-refractivity contribution < 1.29 is 31.6 Å². The Morgan fingerprint density at radius 1 is 1.05 bits per heavy atom. The topological polar surface area (TPSA) is 72.2 Å². The minimum absolute atomic E-state index is 0.0400. The van der Waals surface area contributed by atoms with Gasteiger partial charge in [0.25, 0.3) is 5.91 Å². The van der Waals surface area contributed by atoms with Gasteiger partial charge in [-0.1, -0.05) is 18.2 Å². The molecule has 0 fully saturated rings. The molecule has 2 aromatic heterocycles. The number of Topliss-reactive ketones (excluding diaryl/α,β-unsaturated/α-hetero) is 1. The fraction of sp³-hybridized carbons (Fsp3) is 0.258. The van der Waals surface area contributed by atoms with E-state index in [-0.39, 0.29) is 40.3 Å². The van der Waals surface area contributed by atoms with Crippen LogP contribution in [0.1, 0.15) is 53.1 Å². The van der Waals surface area contributed by atoms with Crippen molar-refractivity contribution in [1.29, 1.82) is 0 Å². The third kappa shape index (κ3) is 6.23. The molecule has 0 atom stereocenters. The summed E-state index contributed by atoms with van der Waals surface area (Å²) in [6.07, 6.45) is -0.427. The maximum absolute atomic E-state index is 13.6. The maximum atomic E-state index is 13.6. The van der Waals surface area contributed by atoms with Gasteiger partial charge in [0.2, 0.25) is 5.71 Å². The fourth-order valence-corrected chi connectivity index (χ4v) is 4.33. The van der Waals surface area contributed by atoms with Crippen LogP contribution in [0.5, 0.6) is 0 Å². The molecule has 40 heavy (non-hydrogen) atoms. The van der Waals surface area contributed by atoms with Gasteiger partial charge in [-0.05, 0) is 62.2 Å². The van der Waals surface area contributed by atoms with E-state index in [2.05, 4.69) is 16.2 Å². The molecule has 0 spiro atoms. The third-order valence-electron chi connectivity index (χ3n) is 6.46. The number of carbonyl (C=O) groups excluding carboxylic acids is 2. The summed E-state index contributed by atoms with van der Waals surface area (Å²) in [4.78, 5) is 30.3. The Bertz CT molecular complexity index is 1630. The van der Waals surface area contributed by atoms with Gasteiger partial charge in [-0.2, -0.15) is 13.2 Å². The number of benzene rings is 2. The fourth-order valence-electron chi connectivity index (χ4n) is 4.33. The number of pyridine rings is 1. The van der Waals surface area contributed by atoms with Gasteiger partial charge in [-0.25, -0.2) is 9.37 Å². The van der Waals surface area contributed by atoms with Crippen LogP contribution in [-0.4, -0.2) is 29.9 Å². The number of halogens is 4. The minimum atomic E-state index is -4.44. The number of hydrogen-bond acceptors (Lipinski definition) is 4. The van der Waals surface area contributed by atoms with Crippen LogP contribution in [0, 0.1) is 23.6 Å². The largest absolute Gasteiger partial charge is 0.437 e. The van der Waals surface area contributed by atoms with Gasteiger partial charge in [0.1, 0.15) is 11.6 Å². The first kappa shape index (κ1) is 28.6. The van der Waals surface area contributed by atoms with Crippen LogP contribution in [0.15, 0.2) is 59.0 Å². The van der Waals surface area contributed by atoms with E-state index < -0.39 is 36.2 Å². The molecule has 0 saturated carbocycles. The normalized spacial score (nSPS) is 11.8. The van der Waals surface area contributed by atoms with E-state index >= 15 is 0 Å². The Morgan fingerprint density at radius 3 is 2.38 bits per heavy atom. The molecule has 2 aromatic carbocycles. The second-order valence-corrected chi connectivity index (χ2v) is 10.1. The number of nitrogens with zero attached hydrogens (tertiary/aromatic N) is 1. The van der Waals surface area contributed by atoms with E-state index in [0.717, 1.165) is 0 Å². The van der Waals surface area contributed by atoms with Crippen molar-refractivity contribution in [3.05, 3.63) is 77.2 Å². The molecule has 1 N–H and O–H groups in total. The Labute approximate surface area is 228 Å². The summed E-state index contributed by atoms with van der Waals surface area (Å²) in [5.74, 6) is 1.45. The SMILES string of the molecule is C#CC(C)(C)CC(=O)c1cccc(-c2cc3c(C(=O)NC)c(-c4ccc(F)cc4)oc3nc2CCC(F)(F)F)c1. The Kier molecular flexibility index (Phi) is 7.83. The van der Waals surface area contributed by atoms with Crippen LogP contribution in [0.3, 0.4) is 0 Å². The highest BCUT2D eigenvalue weighted by Gasteiger charge is 2.29. The highest BCUT2D eigenvalue weighted by atomic mass is 19.4. The Balaban J connectivity index is 1.92. The van der Waals surface area contributed by atoms with E-state index in [0.29, 0.717) is 22.3 Å². The van der Waals surface area contributed by atoms with E-state index in [1.54, 1.807) is 44.2 Å². The monoisotopic (exact) mass is 550 g/mol. The average Bonchev–Trinajstić information content (AvgIpc) is 3.29. The number of rotatable bonds is 8. The minimum Gasteiger partial charge on any atom is -0.437 e. The maximum Gasteiger partial charge on any atom is 0.389 e. The van der Waals surface area contributed by atoms with Crippen molar-refractivity contribution >= 4 is 22.8 Å². The highest BCUT2D eigenvalue weighted by molar-refractivity contribution is 6.11. The molecule has 0 aliphatic rings. The number of aromatic nitrogens is 1. The quantitative estimate of drug-likeness (QED) is 0.141.